The monoisotopic (exact) mass is 465 g/mol. The minimum atomic E-state index is 0.865. The van der Waals surface area contributed by atoms with Gasteiger partial charge in [-0.3, -0.25) is 0 Å². The van der Waals surface area contributed by atoms with Crippen LogP contribution >= 0.6 is 0 Å². The van der Waals surface area contributed by atoms with Gasteiger partial charge in [0.25, 0.3) is 0 Å². The Labute approximate surface area is 213 Å². The summed E-state index contributed by atoms with van der Waals surface area (Å²) in [6.45, 7) is 26.3. The molecule has 1 N–H and O–H groups in total. The SMILES string of the molecule is C=Cc1cc(=C)/c(=C(\C=C/C)Cc2ccc(C(=C)NCC/C(C)=C/C=C(C)C)cc2C)cc1CC. The van der Waals surface area contributed by atoms with E-state index in [0.717, 1.165) is 42.3 Å². The quantitative estimate of drug-likeness (QED) is 0.340. The maximum absolute atomic E-state index is 4.34. The van der Waals surface area contributed by atoms with Crippen molar-refractivity contribution in [3.05, 3.63) is 117 Å². The van der Waals surface area contributed by atoms with Gasteiger partial charge in [-0.1, -0.05) is 86.4 Å². The summed E-state index contributed by atoms with van der Waals surface area (Å²) in [6.07, 6.45) is 13.5. The number of hydrogen-bond acceptors (Lipinski definition) is 1. The summed E-state index contributed by atoms with van der Waals surface area (Å²) in [5.74, 6) is 0. The van der Waals surface area contributed by atoms with Crippen LogP contribution in [0.25, 0.3) is 23.9 Å². The van der Waals surface area contributed by atoms with Gasteiger partial charge in [-0.05, 0) is 110 Å². The van der Waals surface area contributed by atoms with Gasteiger partial charge in [0, 0.05) is 12.2 Å². The predicted octanol–water partition coefficient (Wildman–Crippen LogP) is 7.44. The highest BCUT2D eigenvalue weighted by atomic mass is 14.9. The lowest BCUT2D eigenvalue weighted by Crippen LogP contribution is -2.27. The molecule has 2 rings (SSSR count). The van der Waals surface area contributed by atoms with E-state index < -0.39 is 0 Å². The largest absolute Gasteiger partial charge is 0.385 e. The third kappa shape index (κ3) is 8.14. The van der Waals surface area contributed by atoms with Crippen molar-refractivity contribution in [1.82, 2.24) is 5.32 Å². The van der Waals surface area contributed by atoms with Gasteiger partial charge in [0.2, 0.25) is 0 Å². The average Bonchev–Trinajstić information content (AvgIpc) is 2.83. The Kier molecular flexibility index (Phi) is 10.8. The van der Waals surface area contributed by atoms with Gasteiger partial charge in [0.05, 0.1) is 0 Å². The maximum atomic E-state index is 4.34. The zero-order valence-electron chi connectivity index (χ0n) is 22.7. The molecule has 184 valence electrons. The molecule has 0 spiro atoms. The van der Waals surface area contributed by atoms with Crippen LogP contribution in [-0.4, -0.2) is 6.54 Å². The van der Waals surface area contributed by atoms with Crippen molar-refractivity contribution in [2.24, 2.45) is 0 Å². The molecule has 35 heavy (non-hydrogen) atoms. The third-order valence-electron chi connectivity index (χ3n) is 6.31. The summed E-state index contributed by atoms with van der Waals surface area (Å²) in [6, 6.07) is 11.1. The van der Waals surface area contributed by atoms with Crippen molar-refractivity contribution < 1.29 is 0 Å². The number of hydrogen-bond donors (Lipinski definition) is 1. The summed E-state index contributed by atoms with van der Waals surface area (Å²) < 4.78 is 0. The molecule has 0 saturated carbocycles. The molecule has 0 radical (unpaired) electrons. The lowest BCUT2D eigenvalue weighted by molar-refractivity contribution is 0.839. The molecule has 1 heteroatoms. The van der Waals surface area contributed by atoms with E-state index in [0.29, 0.717) is 0 Å². The standard InChI is InChI=1S/C34H43N/c1-10-13-33(34-23-30(12-3)29(11-2)21-27(34)8)22-31-16-17-32(20-26(31)7)28(9)35-19-18-25(6)15-14-24(4)5/h10-11,13-17,20-21,23,35H,2,8-9,12,18-19,22H2,1,3-7H3/b13-10-,25-15+,34-33+. The Morgan fingerprint density at radius 3 is 2.37 bits per heavy atom. The molecule has 0 aromatic heterocycles. The van der Waals surface area contributed by atoms with Crippen molar-refractivity contribution in [3.63, 3.8) is 0 Å². The minimum absolute atomic E-state index is 0.865. The molecule has 0 heterocycles. The Balaban J connectivity index is 2.26. The number of aryl methyl sites for hydroxylation is 2. The molecule has 2 aromatic carbocycles. The van der Waals surface area contributed by atoms with Crippen LogP contribution in [0.5, 0.6) is 0 Å². The van der Waals surface area contributed by atoms with E-state index in [4.69, 9.17) is 0 Å². The smallest absolute Gasteiger partial charge is 0.0340 e. The highest BCUT2D eigenvalue weighted by Crippen LogP contribution is 2.20. The fourth-order valence-corrected chi connectivity index (χ4v) is 4.14. The summed E-state index contributed by atoms with van der Waals surface area (Å²) in [7, 11) is 0. The molecule has 0 saturated heterocycles. The first-order valence-corrected chi connectivity index (χ1v) is 12.6. The van der Waals surface area contributed by atoms with E-state index >= 15 is 0 Å². The number of allylic oxidation sites excluding steroid dienone is 5. The zero-order chi connectivity index (χ0) is 26.0. The second-order valence-corrected chi connectivity index (χ2v) is 9.52. The molecule has 2 aromatic rings. The first-order chi connectivity index (χ1) is 16.7. The summed E-state index contributed by atoms with van der Waals surface area (Å²) >= 11 is 0. The van der Waals surface area contributed by atoms with Crippen molar-refractivity contribution in [2.75, 3.05) is 6.54 Å². The molecular weight excluding hydrogens is 422 g/mol. The van der Waals surface area contributed by atoms with Crippen LogP contribution in [0.15, 0.2) is 78.9 Å². The normalized spacial score (nSPS) is 12.5. The molecule has 0 aliphatic heterocycles. The van der Waals surface area contributed by atoms with Crippen LogP contribution in [0, 0.1) is 6.92 Å². The van der Waals surface area contributed by atoms with Crippen LogP contribution in [0.4, 0.5) is 0 Å². The van der Waals surface area contributed by atoms with E-state index in [1.54, 1.807) is 0 Å². The number of benzene rings is 2. The maximum Gasteiger partial charge on any atom is 0.0340 e. The van der Waals surface area contributed by atoms with Gasteiger partial charge in [0.15, 0.2) is 0 Å². The topological polar surface area (TPSA) is 12.0 Å². The molecule has 0 aliphatic carbocycles. The Hall–Kier alpha value is -3.32. The van der Waals surface area contributed by atoms with E-state index in [1.807, 2.05) is 6.08 Å². The molecule has 0 aliphatic rings. The highest BCUT2D eigenvalue weighted by molar-refractivity contribution is 5.66. The average molecular weight is 466 g/mol. The van der Waals surface area contributed by atoms with Gasteiger partial charge >= 0.3 is 0 Å². The molecule has 0 fully saturated rings. The second kappa shape index (κ2) is 13.5. The second-order valence-electron chi connectivity index (χ2n) is 9.52. The summed E-state index contributed by atoms with van der Waals surface area (Å²) in [4.78, 5) is 0. The van der Waals surface area contributed by atoms with Crippen LogP contribution < -0.4 is 15.8 Å². The molecule has 0 atom stereocenters. The first-order valence-electron chi connectivity index (χ1n) is 12.6. The fraction of sp³-hybridized carbons (Fsp3) is 0.294. The van der Waals surface area contributed by atoms with Gasteiger partial charge in [-0.25, -0.2) is 0 Å². The van der Waals surface area contributed by atoms with E-state index in [1.165, 1.54) is 44.2 Å². The third-order valence-corrected chi connectivity index (χ3v) is 6.31. The van der Waals surface area contributed by atoms with Crippen LogP contribution in [-0.2, 0) is 12.8 Å². The molecule has 0 unspecified atom stereocenters. The lowest BCUT2D eigenvalue weighted by Gasteiger charge is -2.14. The van der Waals surface area contributed by atoms with Crippen molar-refractivity contribution >= 4 is 23.9 Å². The Bertz CT molecular complexity index is 1260. The van der Waals surface area contributed by atoms with Crippen LogP contribution in [0.2, 0.25) is 0 Å². The van der Waals surface area contributed by atoms with Crippen molar-refractivity contribution in [3.8, 4) is 0 Å². The minimum Gasteiger partial charge on any atom is -0.385 e. The van der Waals surface area contributed by atoms with E-state index in [2.05, 4.69) is 121 Å². The Morgan fingerprint density at radius 1 is 1.03 bits per heavy atom. The van der Waals surface area contributed by atoms with E-state index in [9.17, 15) is 0 Å². The van der Waals surface area contributed by atoms with Crippen molar-refractivity contribution in [2.45, 2.75) is 60.8 Å². The number of nitrogens with one attached hydrogen (secondary N) is 1. The Morgan fingerprint density at radius 2 is 1.77 bits per heavy atom. The molecular formula is C34H43N. The highest BCUT2D eigenvalue weighted by Gasteiger charge is 2.07. The van der Waals surface area contributed by atoms with Gasteiger partial charge < -0.3 is 5.32 Å². The summed E-state index contributed by atoms with van der Waals surface area (Å²) in [5, 5.41) is 5.76. The summed E-state index contributed by atoms with van der Waals surface area (Å²) in [5.41, 5.74) is 11.2. The van der Waals surface area contributed by atoms with Crippen LogP contribution in [0.1, 0.15) is 68.9 Å². The molecule has 0 bridgehead atoms. The predicted molar refractivity (Wildman–Crippen MR) is 159 cm³/mol. The van der Waals surface area contributed by atoms with Gasteiger partial charge in [-0.2, -0.15) is 0 Å². The lowest BCUT2D eigenvalue weighted by atomic mass is 9.94. The molecule has 0 amide bonds. The van der Waals surface area contributed by atoms with Crippen molar-refractivity contribution in [1.29, 1.82) is 0 Å². The van der Waals surface area contributed by atoms with E-state index in [-0.39, 0.29) is 0 Å². The molecule has 1 nitrogen and oxygen atoms in total. The van der Waals surface area contributed by atoms with Gasteiger partial charge in [0.1, 0.15) is 0 Å². The van der Waals surface area contributed by atoms with Crippen LogP contribution in [0.3, 0.4) is 0 Å². The first kappa shape index (κ1) is 27.9. The number of rotatable bonds is 11. The van der Waals surface area contributed by atoms with Gasteiger partial charge in [-0.15, -0.1) is 0 Å². The zero-order valence-corrected chi connectivity index (χ0v) is 22.7. The fourth-order valence-electron chi connectivity index (χ4n) is 4.14.